The lowest BCUT2D eigenvalue weighted by Crippen LogP contribution is -2.11. The van der Waals surface area contributed by atoms with E-state index in [1.54, 1.807) is 12.5 Å². The molecule has 1 aromatic carbocycles. The van der Waals surface area contributed by atoms with E-state index in [0.717, 1.165) is 18.4 Å². The van der Waals surface area contributed by atoms with Crippen molar-refractivity contribution in [3.63, 3.8) is 0 Å². The summed E-state index contributed by atoms with van der Waals surface area (Å²) in [4.78, 5) is 16.1. The first-order chi connectivity index (χ1) is 8.83. The highest BCUT2D eigenvalue weighted by atomic mass is 16.1. The van der Waals surface area contributed by atoms with Crippen LogP contribution in [0, 0.1) is 0 Å². The first kappa shape index (κ1) is 11.2. The summed E-state index contributed by atoms with van der Waals surface area (Å²) in [6, 6.07) is 6.16. The maximum absolute atomic E-state index is 12.1. The van der Waals surface area contributed by atoms with Gasteiger partial charge in [-0.25, -0.2) is 4.98 Å². The van der Waals surface area contributed by atoms with Crippen LogP contribution >= 0.6 is 0 Å². The van der Waals surface area contributed by atoms with Crippen LogP contribution in [0.4, 0.5) is 0 Å². The zero-order valence-electron chi connectivity index (χ0n) is 10.3. The summed E-state index contributed by atoms with van der Waals surface area (Å²) in [5, 5.41) is 0. The average Bonchev–Trinajstić information content (AvgIpc) is 2.91. The van der Waals surface area contributed by atoms with Gasteiger partial charge in [0.05, 0.1) is 12.9 Å². The number of fused-ring (bicyclic) bond motifs is 1. The highest BCUT2D eigenvalue weighted by Gasteiger charge is 2.12. The summed E-state index contributed by atoms with van der Waals surface area (Å²) in [7, 11) is 0. The molecule has 3 rings (SSSR count). The molecule has 3 nitrogen and oxygen atoms in total. The van der Waals surface area contributed by atoms with Crippen molar-refractivity contribution in [3.8, 4) is 0 Å². The normalized spacial score (nSPS) is 14.2. The number of imidazole rings is 1. The van der Waals surface area contributed by atoms with Gasteiger partial charge in [0.2, 0.25) is 0 Å². The minimum atomic E-state index is 0.154. The molecular weight excluding hydrogens is 224 g/mol. The lowest BCUT2D eigenvalue weighted by Gasteiger charge is -2.16. The van der Waals surface area contributed by atoms with Gasteiger partial charge < -0.3 is 4.57 Å². The molecule has 0 amide bonds. The largest absolute Gasteiger partial charge is 0.330 e. The second kappa shape index (κ2) is 4.77. The maximum atomic E-state index is 12.1. The Morgan fingerprint density at radius 1 is 1.22 bits per heavy atom. The first-order valence-corrected chi connectivity index (χ1v) is 6.44. The Morgan fingerprint density at radius 2 is 2.06 bits per heavy atom. The zero-order valence-corrected chi connectivity index (χ0v) is 10.3. The van der Waals surface area contributed by atoms with Crippen molar-refractivity contribution < 1.29 is 4.79 Å². The van der Waals surface area contributed by atoms with E-state index in [1.807, 2.05) is 16.8 Å². The van der Waals surface area contributed by atoms with Crippen LogP contribution in [0.1, 0.15) is 34.3 Å². The summed E-state index contributed by atoms with van der Waals surface area (Å²) >= 11 is 0. The van der Waals surface area contributed by atoms with E-state index in [9.17, 15) is 4.79 Å². The highest BCUT2D eigenvalue weighted by molar-refractivity contribution is 5.96. The van der Waals surface area contributed by atoms with Gasteiger partial charge in [0, 0.05) is 18.0 Å². The number of hydrogen-bond donors (Lipinski definition) is 0. The van der Waals surface area contributed by atoms with Gasteiger partial charge in [-0.1, -0.05) is 12.1 Å². The number of benzene rings is 1. The van der Waals surface area contributed by atoms with Gasteiger partial charge in [-0.3, -0.25) is 4.79 Å². The van der Waals surface area contributed by atoms with Crippen LogP contribution < -0.4 is 0 Å². The molecule has 1 heterocycles. The van der Waals surface area contributed by atoms with E-state index in [4.69, 9.17) is 0 Å². The van der Waals surface area contributed by atoms with Crippen LogP contribution in [-0.2, 0) is 19.4 Å². The van der Waals surface area contributed by atoms with E-state index < -0.39 is 0 Å². The summed E-state index contributed by atoms with van der Waals surface area (Å²) in [6.07, 6.45) is 9.97. The van der Waals surface area contributed by atoms with Gasteiger partial charge in [-0.2, -0.15) is 0 Å². The third-order valence-corrected chi connectivity index (χ3v) is 3.56. The Morgan fingerprint density at radius 3 is 2.83 bits per heavy atom. The van der Waals surface area contributed by atoms with Crippen molar-refractivity contribution in [1.29, 1.82) is 0 Å². The van der Waals surface area contributed by atoms with Crippen LogP contribution in [0.25, 0.3) is 0 Å². The minimum absolute atomic E-state index is 0.154. The predicted molar refractivity (Wildman–Crippen MR) is 69.6 cm³/mol. The minimum Gasteiger partial charge on any atom is -0.330 e. The van der Waals surface area contributed by atoms with Gasteiger partial charge in [0.1, 0.15) is 0 Å². The molecule has 2 aromatic rings. The Hall–Kier alpha value is -1.90. The molecule has 0 saturated heterocycles. The molecule has 1 aliphatic carbocycles. The van der Waals surface area contributed by atoms with Crippen LogP contribution in [-0.4, -0.2) is 15.3 Å². The number of carbonyl (C=O) groups is 1. The second-order valence-electron chi connectivity index (χ2n) is 4.85. The van der Waals surface area contributed by atoms with E-state index in [2.05, 4.69) is 17.1 Å². The van der Waals surface area contributed by atoms with Crippen LogP contribution in [0.2, 0.25) is 0 Å². The molecule has 1 aliphatic rings. The predicted octanol–water partition coefficient (Wildman–Crippen LogP) is 2.64. The molecule has 92 valence electrons. The number of ketones is 1. The number of hydrogen-bond acceptors (Lipinski definition) is 2. The standard InChI is InChI=1S/C15H16N2O/c18-15(10-17-8-7-16-11-17)14-6-5-12-3-1-2-4-13(12)9-14/h5-9,11H,1-4,10H2. The molecular formula is C15H16N2O. The van der Waals surface area contributed by atoms with Gasteiger partial charge in [-0.05, 0) is 42.9 Å². The fourth-order valence-corrected chi connectivity index (χ4v) is 2.54. The van der Waals surface area contributed by atoms with Crippen molar-refractivity contribution in [2.45, 2.75) is 32.2 Å². The van der Waals surface area contributed by atoms with E-state index in [1.165, 1.54) is 24.0 Å². The molecule has 0 N–H and O–H groups in total. The number of aryl methyl sites for hydroxylation is 2. The van der Waals surface area contributed by atoms with Gasteiger partial charge in [0.15, 0.2) is 5.78 Å². The topological polar surface area (TPSA) is 34.9 Å². The van der Waals surface area contributed by atoms with Gasteiger partial charge in [0.25, 0.3) is 0 Å². The number of Topliss-reactive ketones (excluding diaryl/α,β-unsaturated/α-hetero) is 1. The summed E-state index contributed by atoms with van der Waals surface area (Å²) in [5.41, 5.74) is 3.60. The molecule has 0 radical (unpaired) electrons. The third-order valence-electron chi connectivity index (χ3n) is 3.56. The SMILES string of the molecule is O=C(Cn1ccnc1)c1ccc2c(c1)CCCC2. The van der Waals surface area contributed by atoms with Crippen LogP contribution in [0.15, 0.2) is 36.9 Å². The smallest absolute Gasteiger partial charge is 0.182 e. The molecule has 0 atom stereocenters. The van der Waals surface area contributed by atoms with Crippen molar-refractivity contribution in [2.24, 2.45) is 0 Å². The molecule has 18 heavy (non-hydrogen) atoms. The number of carbonyl (C=O) groups excluding carboxylic acids is 1. The summed E-state index contributed by atoms with van der Waals surface area (Å²) in [6.45, 7) is 0.374. The third kappa shape index (κ3) is 2.21. The van der Waals surface area contributed by atoms with Crippen LogP contribution in [0.3, 0.4) is 0 Å². The fraction of sp³-hybridized carbons (Fsp3) is 0.333. The molecule has 0 aliphatic heterocycles. The van der Waals surface area contributed by atoms with Crippen molar-refractivity contribution in [3.05, 3.63) is 53.6 Å². The lowest BCUT2D eigenvalue weighted by molar-refractivity contribution is 0.0972. The molecule has 0 unspecified atom stereocenters. The Kier molecular flexibility index (Phi) is 2.97. The van der Waals surface area contributed by atoms with Gasteiger partial charge >= 0.3 is 0 Å². The molecule has 0 bridgehead atoms. The molecule has 0 spiro atoms. The van der Waals surface area contributed by atoms with Crippen molar-refractivity contribution >= 4 is 5.78 Å². The maximum Gasteiger partial charge on any atom is 0.182 e. The van der Waals surface area contributed by atoms with Crippen LogP contribution in [0.5, 0.6) is 0 Å². The molecule has 0 fully saturated rings. The fourth-order valence-electron chi connectivity index (χ4n) is 2.54. The number of aromatic nitrogens is 2. The molecule has 3 heteroatoms. The van der Waals surface area contributed by atoms with E-state index in [0.29, 0.717) is 6.54 Å². The molecule has 0 saturated carbocycles. The average molecular weight is 240 g/mol. The Labute approximate surface area is 106 Å². The van der Waals surface area contributed by atoms with Crippen molar-refractivity contribution in [1.82, 2.24) is 9.55 Å². The monoisotopic (exact) mass is 240 g/mol. The second-order valence-corrected chi connectivity index (χ2v) is 4.85. The summed E-state index contributed by atoms with van der Waals surface area (Å²) in [5.74, 6) is 0.154. The Balaban J connectivity index is 1.81. The summed E-state index contributed by atoms with van der Waals surface area (Å²) < 4.78 is 1.81. The number of nitrogens with zero attached hydrogens (tertiary/aromatic N) is 2. The first-order valence-electron chi connectivity index (χ1n) is 6.44. The zero-order chi connectivity index (χ0) is 12.4. The quantitative estimate of drug-likeness (QED) is 0.773. The highest BCUT2D eigenvalue weighted by Crippen LogP contribution is 2.22. The molecule has 1 aromatic heterocycles. The van der Waals surface area contributed by atoms with Crippen molar-refractivity contribution in [2.75, 3.05) is 0 Å². The Bertz CT molecular complexity index is 558. The van der Waals surface area contributed by atoms with E-state index >= 15 is 0 Å². The lowest BCUT2D eigenvalue weighted by atomic mass is 9.90. The number of rotatable bonds is 3. The van der Waals surface area contributed by atoms with E-state index in [-0.39, 0.29) is 5.78 Å². The van der Waals surface area contributed by atoms with Gasteiger partial charge in [-0.15, -0.1) is 0 Å².